The molecule has 0 radical (unpaired) electrons. The molecule has 1 saturated carbocycles. The molecule has 0 atom stereocenters. The van der Waals surface area contributed by atoms with Crippen molar-refractivity contribution in [2.24, 2.45) is 11.0 Å². The van der Waals surface area contributed by atoms with Crippen LogP contribution in [0.25, 0.3) is 0 Å². The Morgan fingerprint density at radius 3 is 2.38 bits per heavy atom. The number of hydrogen-bond donors (Lipinski definition) is 2. The molecule has 0 heterocycles. The highest BCUT2D eigenvalue weighted by atomic mass is 16.2. The van der Waals surface area contributed by atoms with Crippen molar-refractivity contribution < 1.29 is 9.59 Å². The molecule has 1 aromatic carbocycles. The highest BCUT2D eigenvalue weighted by Crippen LogP contribution is 2.23. The predicted octanol–water partition coefficient (Wildman–Crippen LogP) is 2.68. The lowest BCUT2D eigenvalue weighted by Crippen LogP contribution is -2.38. The molecule has 0 spiro atoms. The van der Waals surface area contributed by atoms with E-state index in [0.717, 1.165) is 44.3 Å². The van der Waals surface area contributed by atoms with Crippen LogP contribution in [-0.4, -0.2) is 37.7 Å². The molecule has 0 bridgehead atoms. The highest BCUT2D eigenvalue weighted by Gasteiger charge is 2.21. The standard InChI is InChI=1S/C20H30N4O2/c1-3-24(4-2)18-12-10-16(11-13-18)14-22-23-19(25)15-21-20(26)17-8-6-5-7-9-17/h10-14,17H,3-9,15H2,1-2H3,(H,21,26)(H,23,25)/b22-14+. The topological polar surface area (TPSA) is 73.8 Å². The van der Waals surface area contributed by atoms with Crippen molar-refractivity contribution >= 4 is 23.7 Å². The molecular weight excluding hydrogens is 328 g/mol. The van der Waals surface area contributed by atoms with E-state index in [4.69, 9.17) is 0 Å². The van der Waals surface area contributed by atoms with Gasteiger partial charge in [-0.3, -0.25) is 9.59 Å². The first-order valence-electron chi connectivity index (χ1n) is 9.58. The van der Waals surface area contributed by atoms with E-state index in [2.05, 4.69) is 34.6 Å². The van der Waals surface area contributed by atoms with Gasteiger partial charge in [0.2, 0.25) is 5.91 Å². The first-order valence-corrected chi connectivity index (χ1v) is 9.58. The number of carbonyl (C=O) groups excluding carboxylic acids is 2. The molecule has 0 saturated heterocycles. The fourth-order valence-electron chi connectivity index (χ4n) is 3.25. The molecule has 1 aliphatic rings. The van der Waals surface area contributed by atoms with Crippen molar-refractivity contribution in [3.05, 3.63) is 29.8 Å². The average Bonchev–Trinajstić information content (AvgIpc) is 2.69. The second-order valence-electron chi connectivity index (χ2n) is 6.61. The molecule has 6 heteroatoms. The van der Waals surface area contributed by atoms with E-state index in [1.165, 1.54) is 12.1 Å². The number of anilines is 1. The van der Waals surface area contributed by atoms with Gasteiger partial charge in [-0.25, -0.2) is 5.43 Å². The summed E-state index contributed by atoms with van der Waals surface area (Å²) in [5.41, 5.74) is 4.53. The average molecular weight is 358 g/mol. The minimum Gasteiger partial charge on any atom is -0.372 e. The summed E-state index contributed by atoms with van der Waals surface area (Å²) < 4.78 is 0. The van der Waals surface area contributed by atoms with Gasteiger partial charge in [0.05, 0.1) is 12.8 Å². The third kappa shape index (κ3) is 6.17. The number of amides is 2. The third-order valence-electron chi connectivity index (χ3n) is 4.82. The minimum absolute atomic E-state index is 0.0178. The van der Waals surface area contributed by atoms with Crippen LogP contribution < -0.4 is 15.6 Å². The Labute approximate surface area is 156 Å². The zero-order valence-corrected chi connectivity index (χ0v) is 15.8. The molecule has 0 aromatic heterocycles. The van der Waals surface area contributed by atoms with Gasteiger partial charge in [0.25, 0.3) is 5.91 Å². The SMILES string of the molecule is CCN(CC)c1ccc(/C=N/NC(=O)CNC(=O)C2CCCCC2)cc1. The normalized spacial score (nSPS) is 15.0. The number of carbonyl (C=O) groups is 2. The lowest BCUT2D eigenvalue weighted by molar-refractivity contribution is -0.129. The summed E-state index contributed by atoms with van der Waals surface area (Å²) in [5.74, 6) is -0.273. The first kappa shape index (κ1) is 19.9. The van der Waals surface area contributed by atoms with Gasteiger partial charge in [-0.1, -0.05) is 31.4 Å². The van der Waals surface area contributed by atoms with Gasteiger partial charge in [-0.05, 0) is 44.4 Å². The van der Waals surface area contributed by atoms with Crippen LogP contribution >= 0.6 is 0 Å². The highest BCUT2D eigenvalue weighted by molar-refractivity contribution is 5.87. The molecular formula is C20H30N4O2. The number of rotatable bonds is 8. The van der Waals surface area contributed by atoms with Crippen molar-refractivity contribution in [1.82, 2.24) is 10.7 Å². The smallest absolute Gasteiger partial charge is 0.259 e. The maximum atomic E-state index is 12.0. The fraction of sp³-hybridized carbons (Fsp3) is 0.550. The summed E-state index contributed by atoms with van der Waals surface area (Å²) in [5, 5.41) is 6.66. The second kappa shape index (κ2) is 10.6. The van der Waals surface area contributed by atoms with Crippen molar-refractivity contribution in [2.75, 3.05) is 24.5 Å². The van der Waals surface area contributed by atoms with Gasteiger partial charge < -0.3 is 10.2 Å². The van der Waals surface area contributed by atoms with Gasteiger partial charge >= 0.3 is 0 Å². The molecule has 26 heavy (non-hydrogen) atoms. The molecule has 2 N–H and O–H groups in total. The van der Waals surface area contributed by atoms with E-state index < -0.39 is 0 Å². The molecule has 6 nitrogen and oxygen atoms in total. The second-order valence-corrected chi connectivity index (χ2v) is 6.61. The van der Waals surface area contributed by atoms with E-state index in [1.807, 2.05) is 24.3 Å². The third-order valence-corrected chi connectivity index (χ3v) is 4.82. The van der Waals surface area contributed by atoms with E-state index in [0.29, 0.717) is 0 Å². The number of hydrazone groups is 1. The summed E-state index contributed by atoms with van der Waals surface area (Å²) in [6, 6.07) is 8.02. The number of nitrogens with one attached hydrogen (secondary N) is 2. The Bertz CT molecular complexity index is 603. The van der Waals surface area contributed by atoms with Gasteiger partial charge in [0, 0.05) is 24.7 Å². The lowest BCUT2D eigenvalue weighted by Gasteiger charge is -2.20. The van der Waals surface area contributed by atoms with Crippen molar-refractivity contribution in [1.29, 1.82) is 0 Å². The molecule has 142 valence electrons. The monoisotopic (exact) mass is 358 g/mol. The van der Waals surface area contributed by atoms with Crippen LogP contribution in [0, 0.1) is 5.92 Å². The molecule has 1 fully saturated rings. The van der Waals surface area contributed by atoms with Crippen LogP contribution in [0.3, 0.4) is 0 Å². The Morgan fingerprint density at radius 2 is 1.77 bits per heavy atom. The van der Waals surface area contributed by atoms with Gasteiger partial charge in [-0.15, -0.1) is 0 Å². The Balaban J connectivity index is 1.73. The lowest BCUT2D eigenvalue weighted by atomic mass is 9.89. The predicted molar refractivity (Wildman–Crippen MR) is 105 cm³/mol. The largest absolute Gasteiger partial charge is 0.372 e. The zero-order chi connectivity index (χ0) is 18.8. The summed E-state index contributed by atoms with van der Waals surface area (Å²) in [6.45, 7) is 6.15. The summed E-state index contributed by atoms with van der Waals surface area (Å²) in [6.07, 6.45) is 6.86. The number of hydrogen-bond acceptors (Lipinski definition) is 4. The van der Waals surface area contributed by atoms with Gasteiger partial charge in [0.1, 0.15) is 0 Å². The van der Waals surface area contributed by atoms with Crippen LogP contribution in [0.2, 0.25) is 0 Å². The van der Waals surface area contributed by atoms with E-state index in [1.54, 1.807) is 6.21 Å². The first-order chi connectivity index (χ1) is 12.6. The quantitative estimate of drug-likeness (QED) is 0.554. The maximum absolute atomic E-state index is 12.0. The van der Waals surface area contributed by atoms with E-state index >= 15 is 0 Å². The Kier molecular flexibility index (Phi) is 8.12. The Hall–Kier alpha value is -2.37. The van der Waals surface area contributed by atoms with Crippen LogP contribution in [0.15, 0.2) is 29.4 Å². The fourth-order valence-corrected chi connectivity index (χ4v) is 3.25. The van der Waals surface area contributed by atoms with Crippen LogP contribution in [0.5, 0.6) is 0 Å². The Morgan fingerprint density at radius 1 is 1.12 bits per heavy atom. The molecule has 0 unspecified atom stereocenters. The zero-order valence-electron chi connectivity index (χ0n) is 15.8. The molecule has 2 amide bonds. The molecule has 0 aliphatic heterocycles. The molecule has 2 rings (SSSR count). The van der Waals surface area contributed by atoms with Crippen molar-refractivity contribution in [3.63, 3.8) is 0 Å². The maximum Gasteiger partial charge on any atom is 0.259 e. The van der Waals surface area contributed by atoms with Crippen LogP contribution in [0.1, 0.15) is 51.5 Å². The summed E-state index contributed by atoms with van der Waals surface area (Å²) in [4.78, 5) is 26.1. The van der Waals surface area contributed by atoms with Gasteiger partial charge in [-0.2, -0.15) is 5.10 Å². The molecule has 1 aromatic rings. The van der Waals surface area contributed by atoms with Crippen LogP contribution in [0.4, 0.5) is 5.69 Å². The number of nitrogens with zero attached hydrogens (tertiary/aromatic N) is 2. The van der Waals surface area contributed by atoms with Crippen LogP contribution in [-0.2, 0) is 9.59 Å². The number of benzene rings is 1. The van der Waals surface area contributed by atoms with Crippen molar-refractivity contribution in [2.45, 2.75) is 46.0 Å². The minimum atomic E-state index is -0.315. The van der Waals surface area contributed by atoms with E-state index in [9.17, 15) is 9.59 Å². The summed E-state index contributed by atoms with van der Waals surface area (Å²) >= 11 is 0. The van der Waals surface area contributed by atoms with E-state index in [-0.39, 0.29) is 24.3 Å². The molecule has 1 aliphatic carbocycles. The summed E-state index contributed by atoms with van der Waals surface area (Å²) in [7, 11) is 0. The van der Waals surface area contributed by atoms with Gasteiger partial charge in [0.15, 0.2) is 0 Å². The van der Waals surface area contributed by atoms with Crippen molar-refractivity contribution in [3.8, 4) is 0 Å².